The van der Waals surface area contributed by atoms with Gasteiger partial charge in [0.25, 0.3) is 11.8 Å². The molecule has 1 unspecified atom stereocenters. The summed E-state index contributed by atoms with van der Waals surface area (Å²) in [6.07, 6.45) is 0.319. The molecule has 3 rings (SSSR count). The number of benzene rings is 1. The van der Waals surface area contributed by atoms with Gasteiger partial charge in [-0.2, -0.15) is 0 Å². The van der Waals surface area contributed by atoms with Gasteiger partial charge in [0.2, 0.25) is 5.91 Å². The van der Waals surface area contributed by atoms with Crippen molar-refractivity contribution in [3.05, 3.63) is 23.8 Å². The SMILES string of the molecule is CC(C)(C)CN1CC(NC(=O)c2ccc3c(c2)OCC(=O)N3)CC1=O. The van der Waals surface area contributed by atoms with Crippen LogP contribution in [0, 0.1) is 5.41 Å². The fourth-order valence-electron chi connectivity index (χ4n) is 3.08. The quantitative estimate of drug-likeness (QED) is 0.867. The minimum atomic E-state index is -0.251. The molecule has 7 nitrogen and oxygen atoms in total. The number of rotatable bonds is 3. The summed E-state index contributed by atoms with van der Waals surface area (Å²) in [7, 11) is 0. The summed E-state index contributed by atoms with van der Waals surface area (Å²) in [5.41, 5.74) is 1.02. The van der Waals surface area contributed by atoms with Gasteiger partial charge in [-0.15, -0.1) is 0 Å². The summed E-state index contributed by atoms with van der Waals surface area (Å²) in [6, 6.07) is 4.69. The van der Waals surface area contributed by atoms with Crippen LogP contribution in [0.2, 0.25) is 0 Å². The van der Waals surface area contributed by atoms with Crippen molar-refractivity contribution in [2.45, 2.75) is 33.2 Å². The Kier molecular flexibility index (Phi) is 4.41. The van der Waals surface area contributed by atoms with Crippen molar-refractivity contribution in [2.24, 2.45) is 5.41 Å². The number of nitrogens with one attached hydrogen (secondary N) is 2. The monoisotopic (exact) mass is 345 g/mol. The van der Waals surface area contributed by atoms with Crippen molar-refractivity contribution in [3.63, 3.8) is 0 Å². The molecule has 0 aliphatic carbocycles. The lowest BCUT2D eigenvalue weighted by Gasteiger charge is -2.26. The molecule has 1 aromatic carbocycles. The molecule has 0 aromatic heterocycles. The molecule has 2 aliphatic rings. The van der Waals surface area contributed by atoms with Crippen LogP contribution in [0.5, 0.6) is 5.75 Å². The van der Waals surface area contributed by atoms with Crippen LogP contribution >= 0.6 is 0 Å². The van der Waals surface area contributed by atoms with Crippen LogP contribution in [0.25, 0.3) is 0 Å². The number of carbonyl (C=O) groups excluding carboxylic acids is 3. The Morgan fingerprint density at radius 1 is 1.36 bits per heavy atom. The average Bonchev–Trinajstić information content (AvgIpc) is 2.84. The van der Waals surface area contributed by atoms with Gasteiger partial charge in [-0.25, -0.2) is 0 Å². The van der Waals surface area contributed by atoms with Crippen LogP contribution in [0.15, 0.2) is 18.2 Å². The van der Waals surface area contributed by atoms with Gasteiger partial charge in [0.15, 0.2) is 6.61 Å². The number of carbonyl (C=O) groups is 3. The topological polar surface area (TPSA) is 87.7 Å². The van der Waals surface area contributed by atoms with E-state index in [2.05, 4.69) is 31.4 Å². The summed E-state index contributed by atoms with van der Waals surface area (Å²) in [5, 5.41) is 5.60. The molecule has 1 aromatic rings. The Morgan fingerprint density at radius 2 is 2.12 bits per heavy atom. The molecule has 1 atom stereocenters. The average molecular weight is 345 g/mol. The number of amides is 3. The molecule has 0 spiro atoms. The molecule has 7 heteroatoms. The van der Waals surface area contributed by atoms with Gasteiger partial charge < -0.3 is 20.3 Å². The maximum absolute atomic E-state index is 12.5. The van der Waals surface area contributed by atoms with Gasteiger partial charge in [-0.3, -0.25) is 14.4 Å². The second kappa shape index (κ2) is 6.38. The van der Waals surface area contributed by atoms with Crippen LogP contribution < -0.4 is 15.4 Å². The Hall–Kier alpha value is -2.57. The first kappa shape index (κ1) is 17.3. The van der Waals surface area contributed by atoms with Gasteiger partial charge in [-0.1, -0.05) is 20.8 Å². The number of nitrogens with zero attached hydrogens (tertiary/aromatic N) is 1. The van der Waals surface area contributed by atoms with Crippen LogP contribution in [0.4, 0.5) is 5.69 Å². The number of hydrogen-bond donors (Lipinski definition) is 2. The maximum Gasteiger partial charge on any atom is 0.262 e. The fraction of sp³-hybridized carbons (Fsp3) is 0.500. The molecule has 1 fully saturated rings. The first-order valence-corrected chi connectivity index (χ1v) is 8.37. The Labute approximate surface area is 146 Å². The molecule has 3 amide bonds. The minimum Gasteiger partial charge on any atom is -0.482 e. The zero-order valence-electron chi connectivity index (χ0n) is 14.7. The predicted octanol–water partition coefficient (Wildman–Crippen LogP) is 1.39. The van der Waals surface area contributed by atoms with E-state index in [1.54, 1.807) is 23.1 Å². The fourth-order valence-corrected chi connectivity index (χ4v) is 3.08. The molecule has 2 N–H and O–H groups in total. The largest absolute Gasteiger partial charge is 0.482 e. The summed E-state index contributed by atoms with van der Waals surface area (Å²) in [4.78, 5) is 37.7. The number of ether oxygens (including phenoxy) is 1. The highest BCUT2D eigenvalue weighted by Crippen LogP contribution is 2.28. The molecule has 0 radical (unpaired) electrons. The van der Waals surface area contributed by atoms with E-state index in [0.717, 1.165) is 0 Å². The first-order valence-electron chi connectivity index (χ1n) is 8.37. The van der Waals surface area contributed by atoms with Crippen molar-refractivity contribution in [1.82, 2.24) is 10.2 Å². The highest BCUT2D eigenvalue weighted by Gasteiger charge is 2.33. The number of anilines is 1. The third-order valence-electron chi connectivity index (χ3n) is 4.09. The van der Waals surface area contributed by atoms with E-state index in [0.29, 0.717) is 36.5 Å². The van der Waals surface area contributed by atoms with E-state index < -0.39 is 0 Å². The predicted molar refractivity (Wildman–Crippen MR) is 92.5 cm³/mol. The van der Waals surface area contributed by atoms with E-state index in [1.165, 1.54) is 0 Å². The highest BCUT2D eigenvalue weighted by atomic mass is 16.5. The lowest BCUT2D eigenvalue weighted by molar-refractivity contribution is -0.128. The molecule has 2 aliphatic heterocycles. The van der Waals surface area contributed by atoms with E-state index >= 15 is 0 Å². The van der Waals surface area contributed by atoms with Crippen molar-refractivity contribution in [1.29, 1.82) is 0 Å². The van der Waals surface area contributed by atoms with Crippen LogP contribution in [0.3, 0.4) is 0 Å². The summed E-state index contributed by atoms with van der Waals surface area (Å²) >= 11 is 0. The van der Waals surface area contributed by atoms with Gasteiger partial charge in [-0.05, 0) is 23.6 Å². The number of fused-ring (bicyclic) bond motifs is 1. The van der Waals surface area contributed by atoms with Crippen molar-refractivity contribution in [2.75, 3.05) is 25.0 Å². The molecule has 0 saturated carbocycles. The highest BCUT2D eigenvalue weighted by molar-refractivity contribution is 5.99. The third kappa shape index (κ3) is 4.10. The second-order valence-corrected chi connectivity index (χ2v) is 7.76. The lowest BCUT2D eigenvalue weighted by atomic mass is 9.96. The number of hydrogen-bond acceptors (Lipinski definition) is 4. The van der Waals surface area contributed by atoms with E-state index in [1.807, 2.05) is 0 Å². The van der Waals surface area contributed by atoms with Crippen molar-refractivity contribution >= 4 is 23.4 Å². The van der Waals surface area contributed by atoms with Crippen LogP contribution in [-0.2, 0) is 9.59 Å². The molecule has 134 valence electrons. The van der Waals surface area contributed by atoms with Crippen molar-refractivity contribution < 1.29 is 19.1 Å². The normalized spacial score (nSPS) is 20.0. The van der Waals surface area contributed by atoms with Gasteiger partial charge >= 0.3 is 0 Å². The molecule has 0 bridgehead atoms. The van der Waals surface area contributed by atoms with Crippen molar-refractivity contribution in [3.8, 4) is 5.75 Å². The summed E-state index contributed by atoms with van der Waals surface area (Å²) in [5.74, 6) is 0.0765. The van der Waals surface area contributed by atoms with Crippen LogP contribution in [0.1, 0.15) is 37.6 Å². The van der Waals surface area contributed by atoms with E-state index in [4.69, 9.17) is 4.74 Å². The molecular weight excluding hydrogens is 322 g/mol. The number of likely N-dealkylation sites (tertiary alicyclic amines) is 1. The van der Waals surface area contributed by atoms with Gasteiger partial charge in [0.05, 0.1) is 11.7 Å². The molecule has 1 saturated heterocycles. The minimum absolute atomic E-state index is 0.0226. The Balaban J connectivity index is 1.63. The molecule has 25 heavy (non-hydrogen) atoms. The maximum atomic E-state index is 12.5. The van der Waals surface area contributed by atoms with E-state index in [-0.39, 0.29) is 35.8 Å². The lowest BCUT2D eigenvalue weighted by Crippen LogP contribution is -2.39. The van der Waals surface area contributed by atoms with E-state index in [9.17, 15) is 14.4 Å². The second-order valence-electron chi connectivity index (χ2n) is 7.76. The zero-order valence-corrected chi connectivity index (χ0v) is 14.7. The Bertz CT molecular complexity index is 724. The summed E-state index contributed by atoms with van der Waals surface area (Å²) < 4.78 is 5.33. The summed E-state index contributed by atoms with van der Waals surface area (Å²) in [6.45, 7) is 7.38. The smallest absolute Gasteiger partial charge is 0.262 e. The third-order valence-corrected chi connectivity index (χ3v) is 4.09. The molecule has 2 heterocycles. The van der Waals surface area contributed by atoms with Gasteiger partial charge in [0, 0.05) is 25.1 Å². The van der Waals surface area contributed by atoms with Gasteiger partial charge in [0.1, 0.15) is 5.75 Å². The standard InChI is InChI=1S/C18H23N3O4/c1-18(2,3)10-21-8-12(7-16(21)23)19-17(24)11-4-5-13-14(6-11)25-9-15(22)20-13/h4-6,12H,7-10H2,1-3H3,(H,19,24)(H,20,22). The molecular formula is C18H23N3O4. The Morgan fingerprint density at radius 3 is 2.84 bits per heavy atom. The zero-order chi connectivity index (χ0) is 18.2. The van der Waals surface area contributed by atoms with Crippen LogP contribution in [-0.4, -0.2) is 48.4 Å². The first-order chi connectivity index (χ1) is 11.7.